The number of nitrogens with two attached hydrogens (primary N) is 1. The van der Waals surface area contributed by atoms with E-state index in [-0.39, 0.29) is 5.84 Å². The van der Waals surface area contributed by atoms with Crippen molar-refractivity contribution in [3.05, 3.63) is 0 Å². The molecule has 2 atom stereocenters. The number of aliphatic imine (C=N–C) groups is 1. The molecular weight excluding hydrogens is 254 g/mol. The van der Waals surface area contributed by atoms with Crippen molar-refractivity contribution in [3.63, 3.8) is 0 Å². The highest BCUT2D eigenvalue weighted by Crippen LogP contribution is 2.42. The lowest BCUT2D eigenvalue weighted by Crippen LogP contribution is -2.60. The zero-order valence-electron chi connectivity index (χ0n) is 10.7. The van der Waals surface area contributed by atoms with Crippen LogP contribution in [0.5, 0.6) is 0 Å². The molecule has 2 N–H and O–H groups in total. The summed E-state index contributed by atoms with van der Waals surface area (Å²) in [5.74, 6) is 0.175. The Kier molecular flexibility index (Phi) is 3.12. The van der Waals surface area contributed by atoms with Crippen molar-refractivity contribution in [1.29, 1.82) is 0 Å². The van der Waals surface area contributed by atoms with Gasteiger partial charge in [-0.3, -0.25) is 0 Å². The summed E-state index contributed by atoms with van der Waals surface area (Å²) in [5, 5.41) is -0.619. The molecule has 18 heavy (non-hydrogen) atoms. The van der Waals surface area contributed by atoms with Crippen molar-refractivity contribution in [2.24, 2.45) is 10.7 Å². The SMILES string of the molecule is CCCN1C(=O)N=C(N)C12CCCC2S(C)(=O)=O. The van der Waals surface area contributed by atoms with Crippen LogP contribution in [0, 0.1) is 0 Å². The standard InChI is InChI=1S/C11H19N3O3S/c1-3-7-14-10(15)13-9(12)11(14)6-4-5-8(11)18(2,16)17/h8H,3-7H2,1-2H3,(H2,12,13,15). The third-order valence-corrected chi connectivity index (χ3v) is 5.55. The molecule has 0 radical (unpaired) electrons. The van der Waals surface area contributed by atoms with Gasteiger partial charge in [-0.2, -0.15) is 4.99 Å². The van der Waals surface area contributed by atoms with E-state index in [4.69, 9.17) is 5.73 Å². The topological polar surface area (TPSA) is 92.8 Å². The van der Waals surface area contributed by atoms with E-state index in [2.05, 4.69) is 4.99 Å². The number of rotatable bonds is 3. The quantitative estimate of drug-likeness (QED) is 0.811. The van der Waals surface area contributed by atoms with Crippen molar-refractivity contribution >= 4 is 21.7 Å². The van der Waals surface area contributed by atoms with E-state index in [0.29, 0.717) is 19.4 Å². The van der Waals surface area contributed by atoms with Gasteiger partial charge >= 0.3 is 6.03 Å². The minimum absolute atomic E-state index is 0.175. The van der Waals surface area contributed by atoms with Crippen LogP contribution in [0.25, 0.3) is 0 Å². The Labute approximate surface area is 107 Å². The molecule has 6 nitrogen and oxygen atoms in total. The van der Waals surface area contributed by atoms with Gasteiger partial charge in [-0.25, -0.2) is 13.2 Å². The molecule has 1 saturated carbocycles. The largest absolute Gasteiger partial charge is 0.385 e. The number of nitrogens with zero attached hydrogens (tertiary/aromatic N) is 2. The van der Waals surface area contributed by atoms with Crippen molar-refractivity contribution in [2.45, 2.75) is 43.4 Å². The van der Waals surface area contributed by atoms with Gasteiger partial charge in [-0.1, -0.05) is 6.92 Å². The Bertz CT molecular complexity index is 500. The first-order valence-electron chi connectivity index (χ1n) is 6.19. The van der Waals surface area contributed by atoms with Crippen molar-refractivity contribution in [1.82, 2.24) is 4.90 Å². The van der Waals surface area contributed by atoms with Crippen LogP contribution < -0.4 is 5.73 Å². The van der Waals surface area contributed by atoms with Gasteiger partial charge in [-0.05, 0) is 25.7 Å². The summed E-state index contributed by atoms with van der Waals surface area (Å²) < 4.78 is 23.9. The van der Waals surface area contributed by atoms with E-state index in [1.165, 1.54) is 6.26 Å². The van der Waals surface area contributed by atoms with Crippen LogP contribution in [-0.4, -0.2) is 48.8 Å². The summed E-state index contributed by atoms with van der Waals surface area (Å²) in [5.41, 5.74) is 5.01. The molecule has 1 fully saturated rings. The molecule has 0 bridgehead atoms. The number of amidine groups is 1. The van der Waals surface area contributed by atoms with Crippen LogP contribution in [0.3, 0.4) is 0 Å². The van der Waals surface area contributed by atoms with Crippen LogP contribution in [-0.2, 0) is 9.84 Å². The monoisotopic (exact) mass is 273 g/mol. The summed E-state index contributed by atoms with van der Waals surface area (Å²) in [4.78, 5) is 17.2. The third-order valence-electron chi connectivity index (χ3n) is 3.89. The summed E-state index contributed by atoms with van der Waals surface area (Å²) in [6.07, 6.45) is 3.85. The second-order valence-corrected chi connectivity index (χ2v) is 7.29. The Morgan fingerprint density at radius 2 is 2.22 bits per heavy atom. The summed E-state index contributed by atoms with van der Waals surface area (Å²) in [6, 6.07) is -0.398. The molecule has 2 unspecified atom stereocenters. The molecule has 2 aliphatic rings. The van der Waals surface area contributed by atoms with Crippen molar-refractivity contribution in [2.75, 3.05) is 12.8 Å². The second-order valence-electron chi connectivity index (χ2n) is 5.07. The smallest absolute Gasteiger partial charge is 0.346 e. The number of sulfone groups is 1. The number of hydrogen-bond donors (Lipinski definition) is 1. The lowest BCUT2D eigenvalue weighted by molar-refractivity contribution is 0.174. The van der Waals surface area contributed by atoms with Crippen LogP contribution in [0.4, 0.5) is 4.79 Å². The minimum Gasteiger partial charge on any atom is -0.385 e. The molecule has 1 aliphatic heterocycles. The zero-order chi connectivity index (χ0) is 13.6. The first kappa shape index (κ1) is 13.3. The maximum absolute atomic E-state index is 11.9. The maximum atomic E-state index is 11.9. The molecule has 2 rings (SSSR count). The fraction of sp³-hybridized carbons (Fsp3) is 0.818. The van der Waals surface area contributed by atoms with E-state index in [9.17, 15) is 13.2 Å². The van der Waals surface area contributed by atoms with E-state index < -0.39 is 26.7 Å². The number of carbonyl (C=O) groups excluding carboxylic acids is 1. The van der Waals surface area contributed by atoms with E-state index in [1.54, 1.807) is 4.90 Å². The van der Waals surface area contributed by atoms with Gasteiger partial charge < -0.3 is 10.6 Å². The average Bonchev–Trinajstić information content (AvgIpc) is 2.78. The molecule has 1 heterocycles. The summed E-state index contributed by atoms with van der Waals surface area (Å²) >= 11 is 0. The highest BCUT2D eigenvalue weighted by atomic mass is 32.2. The highest BCUT2D eigenvalue weighted by Gasteiger charge is 2.59. The zero-order valence-corrected chi connectivity index (χ0v) is 11.5. The highest BCUT2D eigenvalue weighted by molar-refractivity contribution is 7.91. The average molecular weight is 273 g/mol. The minimum atomic E-state index is -3.26. The first-order valence-corrected chi connectivity index (χ1v) is 8.14. The van der Waals surface area contributed by atoms with Gasteiger partial charge in [0.25, 0.3) is 0 Å². The molecule has 1 spiro atoms. The fourth-order valence-electron chi connectivity index (χ4n) is 3.21. The number of urea groups is 1. The predicted molar refractivity (Wildman–Crippen MR) is 69.2 cm³/mol. The van der Waals surface area contributed by atoms with E-state index in [0.717, 1.165) is 12.8 Å². The molecular formula is C11H19N3O3S. The van der Waals surface area contributed by atoms with Gasteiger partial charge in [0.2, 0.25) is 0 Å². The van der Waals surface area contributed by atoms with Crippen LogP contribution in [0.2, 0.25) is 0 Å². The molecule has 0 saturated heterocycles. The van der Waals surface area contributed by atoms with Gasteiger partial charge in [-0.15, -0.1) is 0 Å². The maximum Gasteiger partial charge on any atom is 0.346 e. The lowest BCUT2D eigenvalue weighted by atomic mass is 9.94. The predicted octanol–water partition coefficient (Wildman–Crippen LogP) is 0.525. The van der Waals surface area contributed by atoms with Crippen molar-refractivity contribution in [3.8, 4) is 0 Å². The van der Waals surface area contributed by atoms with Crippen LogP contribution >= 0.6 is 0 Å². The Balaban J connectivity index is 2.50. The van der Waals surface area contributed by atoms with Gasteiger partial charge in [0, 0.05) is 12.8 Å². The Morgan fingerprint density at radius 3 is 2.78 bits per heavy atom. The number of hydrogen-bond acceptors (Lipinski definition) is 4. The van der Waals surface area contributed by atoms with Gasteiger partial charge in [0.15, 0.2) is 9.84 Å². The molecule has 0 aromatic rings. The molecule has 7 heteroatoms. The Morgan fingerprint density at radius 1 is 1.56 bits per heavy atom. The summed E-state index contributed by atoms with van der Waals surface area (Å²) in [7, 11) is -3.26. The molecule has 1 aliphatic carbocycles. The van der Waals surface area contributed by atoms with E-state index in [1.807, 2.05) is 6.92 Å². The number of amides is 2. The van der Waals surface area contributed by atoms with Crippen LogP contribution in [0.1, 0.15) is 32.6 Å². The van der Waals surface area contributed by atoms with Crippen molar-refractivity contribution < 1.29 is 13.2 Å². The molecule has 2 amide bonds. The van der Waals surface area contributed by atoms with Crippen LogP contribution in [0.15, 0.2) is 4.99 Å². The normalized spacial score (nSPS) is 32.3. The fourth-order valence-corrected chi connectivity index (χ4v) is 4.88. The van der Waals surface area contributed by atoms with E-state index >= 15 is 0 Å². The molecule has 0 aromatic heterocycles. The van der Waals surface area contributed by atoms with Gasteiger partial charge in [0.05, 0.1) is 5.25 Å². The lowest BCUT2D eigenvalue weighted by Gasteiger charge is -2.38. The third kappa shape index (κ3) is 1.72. The molecule has 0 aromatic carbocycles. The second kappa shape index (κ2) is 4.22. The Hall–Kier alpha value is -1.11. The number of carbonyl (C=O) groups is 1. The summed E-state index contributed by atoms with van der Waals surface area (Å²) in [6.45, 7) is 2.44. The first-order chi connectivity index (χ1) is 8.34. The molecule has 102 valence electrons. The van der Waals surface area contributed by atoms with Gasteiger partial charge in [0.1, 0.15) is 11.4 Å².